The Morgan fingerprint density at radius 1 is 1.58 bits per heavy atom. The van der Waals surface area contributed by atoms with E-state index in [9.17, 15) is 9.00 Å². The number of amides is 1. The molecule has 1 amide bonds. The number of aromatic nitrogens is 1. The maximum absolute atomic E-state index is 12.0. The Kier molecular flexibility index (Phi) is 4.49. The zero-order valence-corrected chi connectivity index (χ0v) is 12.1. The average Bonchev–Trinajstić information content (AvgIpc) is 2.76. The molecule has 0 aliphatic heterocycles. The van der Waals surface area contributed by atoms with Crippen LogP contribution in [0.1, 0.15) is 16.6 Å². The molecule has 1 atom stereocenters. The van der Waals surface area contributed by atoms with Crippen LogP contribution in [0.4, 0.5) is 5.69 Å². The number of fused-ring (bicyclic) bond motifs is 1. The molecule has 0 spiro atoms. The second-order valence-electron chi connectivity index (χ2n) is 3.91. The lowest BCUT2D eigenvalue weighted by Gasteiger charge is -2.03. The molecule has 1 unspecified atom stereocenters. The van der Waals surface area contributed by atoms with E-state index in [4.69, 9.17) is 5.73 Å². The fourth-order valence-corrected chi connectivity index (χ4v) is 3.27. The summed E-state index contributed by atoms with van der Waals surface area (Å²) in [4.78, 5) is 16.5. The van der Waals surface area contributed by atoms with Crippen LogP contribution in [0.25, 0.3) is 10.1 Å². The van der Waals surface area contributed by atoms with Crippen molar-refractivity contribution in [3.8, 4) is 0 Å². The number of hydrogen-bond donors (Lipinski definition) is 2. The van der Waals surface area contributed by atoms with Crippen molar-refractivity contribution in [2.24, 2.45) is 0 Å². The molecule has 0 saturated heterocycles. The maximum Gasteiger partial charge on any atom is 0.263 e. The van der Waals surface area contributed by atoms with E-state index in [0.29, 0.717) is 28.6 Å². The van der Waals surface area contributed by atoms with Gasteiger partial charge in [-0.1, -0.05) is 6.92 Å². The minimum atomic E-state index is -0.872. The van der Waals surface area contributed by atoms with Crippen LogP contribution in [0.3, 0.4) is 0 Å². The third-order valence-corrected chi connectivity index (χ3v) is 5.13. The van der Waals surface area contributed by atoms with E-state index in [1.165, 1.54) is 11.3 Å². The van der Waals surface area contributed by atoms with Gasteiger partial charge in [-0.3, -0.25) is 14.0 Å². The Labute approximate surface area is 117 Å². The molecule has 0 aliphatic carbocycles. The van der Waals surface area contributed by atoms with Crippen LogP contribution >= 0.6 is 11.3 Å². The van der Waals surface area contributed by atoms with E-state index < -0.39 is 10.8 Å². The van der Waals surface area contributed by atoms with E-state index >= 15 is 0 Å². The van der Waals surface area contributed by atoms with Gasteiger partial charge in [0.2, 0.25) is 0 Å². The third kappa shape index (κ3) is 3.10. The first-order chi connectivity index (χ1) is 9.13. The summed E-state index contributed by atoms with van der Waals surface area (Å²) in [6, 6.07) is 1.80. The van der Waals surface area contributed by atoms with Crippen molar-refractivity contribution in [1.29, 1.82) is 0 Å². The molecule has 0 fully saturated rings. The Balaban J connectivity index is 2.09. The first-order valence-electron chi connectivity index (χ1n) is 5.88. The summed E-state index contributed by atoms with van der Waals surface area (Å²) in [5.41, 5.74) is 6.44. The molecular weight excluding hydrogens is 282 g/mol. The molecule has 102 valence electrons. The van der Waals surface area contributed by atoms with Gasteiger partial charge in [-0.15, -0.1) is 11.3 Å². The van der Waals surface area contributed by atoms with E-state index in [1.54, 1.807) is 18.5 Å². The highest BCUT2D eigenvalue weighted by Gasteiger charge is 2.15. The number of nitrogens with zero attached hydrogens (tertiary/aromatic N) is 1. The highest BCUT2D eigenvalue weighted by Crippen LogP contribution is 2.32. The number of carbonyl (C=O) groups is 1. The molecule has 7 heteroatoms. The molecule has 3 N–H and O–H groups in total. The highest BCUT2D eigenvalue weighted by atomic mass is 32.2. The molecule has 2 aromatic rings. The molecule has 2 rings (SSSR count). The fraction of sp³-hybridized carbons (Fsp3) is 0.333. The predicted octanol–water partition coefficient (Wildman–Crippen LogP) is 1.38. The van der Waals surface area contributed by atoms with E-state index in [1.807, 2.05) is 6.92 Å². The predicted molar refractivity (Wildman–Crippen MR) is 79.9 cm³/mol. The number of pyridine rings is 1. The Morgan fingerprint density at radius 3 is 3.05 bits per heavy atom. The van der Waals surface area contributed by atoms with Crippen molar-refractivity contribution < 1.29 is 9.00 Å². The van der Waals surface area contributed by atoms with Gasteiger partial charge in [-0.05, 0) is 6.07 Å². The first kappa shape index (κ1) is 14.0. The molecular formula is C12H15N3O2S2. The molecule has 0 aliphatic rings. The van der Waals surface area contributed by atoms with Gasteiger partial charge < -0.3 is 11.1 Å². The van der Waals surface area contributed by atoms with Crippen molar-refractivity contribution in [1.82, 2.24) is 10.3 Å². The van der Waals surface area contributed by atoms with E-state index in [-0.39, 0.29) is 5.91 Å². The normalized spacial score (nSPS) is 12.5. The Hall–Kier alpha value is -1.47. The second kappa shape index (κ2) is 6.12. The summed E-state index contributed by atoms with van der Waals surface area (Å²) in [6.07, 6.45) is 3.34. The van der Waals surface area contributed by atoms with E-state index in [2.05, 4.69) is 10.3 Å². The molecule has 19 heavy (non-hydrogen) atoms. The molecule has 5 nitrogen and oxygen atoms in total. The van der Waals surface area contributed by atoms with Crippen molar-refractivity contribution >= 4 is 43.8 Å². The zero-order chi connectivity index (χ0) is 13.8. The van der Waals surface area contributed by atoms with E-state index in [0.717, 1.165) is 10.1 Å². The largest absolute Gasteiger partial charge is 0.397 e. The third-order valence-electron chi connectivity index (χ3n) is 2.67. The lowest BCUT2D eigenvalue weighted by molar-refractivity contribution is 0.0961. The van der Waals surface area contributed by atoms with Crippen LogP contribution in [0, 0.1) is 0 Å². The lowest BCUT2D eigenvalue weighted by atomic mass is 10.2. The molecule has 2 heterocycles. The van der Waals surface area contributed by atoms with Crippen molar-refractivity contribution in [3.05, 3.63) is 23.3 Å². The molecule has 0 saturated carbocycles. The van der Waals surface area contributed by atoms with Gasteiger partial charge >= 0.3 is 0 Å². The van der Waals surface area contributed by atoms with Gasteiger partial charge in [0.05, 0.1) is 10.4 Å². The number of carbonyl (C=O) groups excluding carboxylic acids is 1. The lowest BCUT2D eigenvalue weighted by Crippen LogP contribution is -2.27. The van der Waals surface area contributed by atoms with Crippen molar-refractivity contribution in [3.63, 3.8) is 0 Å². The highest BCUT2D eigenvalue weighted by molar-refractivity contribution is 7.84. The van der Waals surface area contributed by atoms with Crippen LogP contribution < -0.4 is 11.1 Å². The number of hydrogen-bond acceptors (Lipinski definition) is 5. The molecule has 0 aromatic carbocycles. The zero-order valence-electron chi connectivity index (χ0n) is 10.5. The molecule has 2 aromatic heterocycles. The summed E-state index contributed by atoms with van der Waals surface area (Å²) in [6.45, 7) is 2.25. The van der Waals surface area contributed by atoms with Crippen molar-refractivity contribution in [2.75, 3.05) is 23.8 Å². The average molecular weight is 297 g/mol. The topological polar surface area (TPSA) is 85.1 Å². The number of anilines is 1. The van der Waals surface area contributed by atoms with Gasteiger partial charge in [0, 0.05) is 46.6 Å². The second-order valence-corrected chi connectivity index (χ2v) is 6.82. The summed E-state index contributed by atoms with van der Waals surface area (Å²) >= 11 is 1.32. The monoisotopic (exact) mass is 297 g/mol. The van der Waals surface area contributed by atoms with Crippen LogP contribution in [0.5, 0.6) is 0 Å². The quantitative estimate of drug-likeness (QED) is 0.873. The maximum atomic E-state index is 12.0. The Bertz CT molecular complexity index is 624. The Morgan fingerprint density at radius 2 is 2.37 bits per heavy atom. The standard InChI is InChI=1S/C12H15N3O2S2/c1-2-19(17)6-5-15-12(16)11-10(13)8-3-4-14-7-9(8)18-11/h3-4,7H,2,5-6,13H2,1H3,(H,15,16). The smallest absolute Gasteiger partial charge is 0.263 e. The van der Waals surface area contributed by atoms with Crippen LogP contribution in [0.2, 0.25) is 0 Å². The van der Waals surface area contributed by atoms with Crippen molar-refractivity contribution in [2.45, 2.75) is 6.92 Å². The van der Waals surface area contributed by atoms with Crippen LogP contribution in [-0.2, 0) is 10.8 Å². The number of nitrogens with one attached hydrogen (secondary N) is 1. The summed E-state index contributed by atoms with van der Waals surface area (Å²) in [5.74, 6) is 0.855. The number of nitrogens with two attached hydrogens (primary N) is 1. The van der Waals surface area contributed by atoms with Gasteiger partial charge in [0.1, 0.15) is 4.88 Å². The number of rotatable bonds is 5. The van der Waals surface area contributed by atoms with Gasteiger partial charge in [-0.25, -0.2) is 0 Å². The minimum absolute atomic E-state index is 0.216. The molecule has 0 radical (unpaired) electrons. The first-order valence-corrected chi connectivity index (χ1v) is 8.19. The van der Waals surface area contributed by atoms with Crippen LogP contribution in [-0.4, -0.2) is 33.2 Å². The summed E-state index contributed by atoms with van der Waals surface area (Å²) in [5, 5.41) is 3.59. The summed E-state index contributed by atoms with van der Waals surface area (Å²) in [7, 11) is -0.872. The number of thiophene rings is 1. The molecule has 0 bridgehead atoms. The van der Waals surface area contributed by atoms with Gasteiger partial charge in [-0.2, -0.15) is 0 Å². The van der Waals surface area contributed by atoms with Crippen LogP contribution in [0.15, 0.2) is 18.5 Å². The number of nitrogen functional groups attached to an aromatic ring is 1. The SMILES string of the molecule is CCS(=O)CCNC(=O)c1sc2cnccc2c1N. The minimum Gasteiger partial charge on any atom is -0.397 e. The van der Waals surface area contributed by atoms with Gasteiger partial charge in [0.25, 0.3) is 5.91 Å². The van der Waals surface area contributed by atoms with Gasteiger partial charge in [0.15, 0.2) is 0 Å². The fourth-order valence-electron chi connectivity index (χ4n) is 1.64. The summed E-state index contributed by atoms with van der Waals surface area (Å²) < 4.78 is 12.2.